The normalized spacial score (nSPS) is 16.2. The van der Waals surface area contributed by atoms with Gasteiger partial charge in [0.25, 0.3) is 0 Å². The van der Waals surface area contributed by atoms with Gasteiger partial charge in [-0.05, 0) is 42.2 Å². The highest BCUT2D eigenvalue weighted by Crippen LogP contribution is 2.34. The Bertz CT molecular complexity index is 1280. The maximum atomic E-state index is 13.2. The van der Waals surface area contributed by atoms with Crippen molar-refractivity contribution in [3.05, 3.63) is 72.2 Å². The van der Waals surface area contributed by atoms with Gasteiger partial charge in [-0.15, -0.1) is 0 Å². The number of ether oxygens (including phenoxy) is 1. The maximum Gasteiger partial charge on any atom is 0.227 e. The van der Waals surface area contributed by atoms with Crippen LogP contribution in [-0.4, -0.2) is 46.0 Å². The van der Waals surface area contributed by atoms with Crippen molar-refractivity contribution >= 4 is 22.8 Å². The second-order valence-electron chi connectivity index (χ2n) is 8.47. The number of fused-ring (bicyclic) bond motifs is 1. The summed E-state index contributed by atoms with van der Waals surface area (Å²) in [5, 5.41) is 1.10. The molecule has 1 aliphatic heterocycles. The Balaban J connectivity index is 1.38. The van der Waals surface area contributed by atoms with E-state index in [1.165, 1.54) is 0 Å². The number of rotatable bonds is 5. The quantitative estimate of drug-likeness (QED) is 0.485. The number of nitrogens with two attached hydrogens (primary N) is 1. The van der Waals surface area contributed by atoms with E-state index < -0.39 is 0 Å². The van der Waals surface area contributed by atoms with Gasteiger partial charge in [-0.3, -0.25) is 4.79 Å². The first-order valence-corrected chi connectivity index (χ1v) is 11.2. The number of aromatic nitrogens is 3. The number of para-hydroxylation sites is 1. The van der Waals surface area contributed by atoms with Crippen molar-refractivity contribution in [1.82, 2.24) is 19.9 Å². The molecule has 3 N–H and O–H groups in total. The van der Waals surface area contributed by atoms with E-state index in [4.69, 9.17) is 10.5 Å². The minimum absolute atomic E-state index is 0.105. The van der Waals surface area contributed by atoms with Gasteiger partial charge in [-0.25, -0.2) is 9.97 Å². The molecule has 0 bridgehead atoms. The molecule has 1 fully saturated rings. The van der Waals surface area contributed by atoms with E-state index in [0.717, 1.165) is 58.4 Å². The Labute approximate surface area is 192 Å². The number of H-pyrrole nitrogens is 1. The predicted molar refractivity (Wildman–Crippen MR) is 129 cm³/mol. The van der Waals surface area contributed by atoms with Crippen molar-refractivity contribution in [1.29, 1.82) is 0 Å². The summed E-state index contributed by atoms with van der Waals surface area (Å²) in [5.74, 6) is 1.29. The third kappa shape index (κ3) is 4.26. The molecule has 1 unspecified atom stereocenters. The highest BCUT2D eigenvalue weighted by Gasteiger charge is 2.28. The second-order valence-corrected chi connectivity index (χ2v) is 8.47. The Morgan fingerprint density at radius 1 is 1.21 bits per heavy atom. The summed E-state index contributed by atoms with van der Waals surface area (Å²) < 4.78 is 5.28. The lowest BCUT2D eigenvalue weighted by Gasteiger charge is -2.33. The van der Waals surface area contributed by atoms with Gasteiger partial charge >= 0.3 is 0 Å². The number of benzene rings is 2. The highest BCUT2D eigenvalue weighted by molar-refractivity contribution is 5.89. The number of anilines is 1. The largest absolute Gasteiger partial charge is 0.497 e. The van der Waals surface area contributed by atoms with Gasteiger partial charge in [0.1, 0.15) is 5.75 Å². The molecule has 1 saturated heterocycles. The van der Waals surface area contributed by atoms with Crippen molar-refractivity contribution in [2.24, 2.45) is 0 Å². The zero-order chi connectivity index (χ0) is 22.8. The summed E-state index contributed by atoms with van der Waals surface area (Å²) >= 11 is 0. The first-order valence-electron chi connectivity index (χ1n) is 11.2. The van der Waals surface area contributed by atoms with Crippen LogP contribution in [0.1, 0.15) is 30.0 Å². The number of nitrogens with one attached hydrogen (secondary N) is 1. The lowest BCUT2D eigenvalue weighted by atomic mass is 9.89. The van der Waals surface area contributed by atoms with Crippen molar-refractivity contribution < 1.29 is 9.53 Å². The van der Waals surface area contributed by atoms with Crippen LogP contribution in [0.4, 0.5) is 5.95 Å². The standard InChI is InChI=1S/C26H27N5O2/c1-33-20-10-8-17(9-11-20)22-15-29-26(27)30-25(22)18-5-4-12-31(16-18)24(32)13-19-14-28-23-7-3-2-6-21(19)23/h2-3,6-11,14-15,18,28H,4-5,12-13,16H2,1H3,(H2,27,29,30). The van der Waals surface area contributed by atoms with Gasteiger partial charge in [-0.2, -0.15) is 0 Å². The molecule has 2 aromatic heterocycles. The van der Waals surface area contributed by atoms with Gasteiger partial charge in [0.2, 0.25) is 11.9 Å². The summed E-state index contributed by atoms with van der Waals surface area (Å²) in [5.41, 5.74) is 10.9. The van der Waals surface area contributed by atoms with E-state index in [-0.39, 0.29) is 17.8 Å². The number of amides is 1. The molecule has 0 radical (unpaired) electrons. The summed E-state index contributed by atoms with van der Waals surface area (Å²) in [6.45, 7) is 1.39. The number of methoxy groups -OCH3 is 1. The van der Waals surface area contributed by atoms with Crippen LogP contribution in [0.3, 0.4) is 0 Å². The summed E-state index contributed by atoms with van der Waals surface area (Å²) in [6.07, 6.45) is 5.99. The lowest BCUT2D eigenvalue weighted by molar-refractivity contribution is -0.131. The number of aromatic amines is 1. The molecule has 4 aromatic rings. The highest BCUT2D eigenvalue weighted by atomic mass is 16.5. The third-order valence-corrected chi connectivity index (χ3v) is 6.42. The van der Waals surface area contributed by atoms with Crippen molar-refractivity contribution in [3.8, 4) is 16.9 Å². The Hall–Kier alpha value is -3.87. The van der Waals surface area contributed by atoms with Crippen LogP contribution in [0.15, 0.2) is 60.9 Å². The van der Waals surface area contributed by atoms with Crippen molar-refractivity contribution in [2.45, 2.75) is 25.2 Å². The third-order valence-electron chi connectivity index (χ3n) is 6.42. The predicted octanol–water partition coefficient (Wildman–Crippen LogP) is 4.16. The number of piperidine rings is 1. The molecule has 5 rings (SSSR count). The average molecular weight is 442 g/mol. The zero-order valence-corrected chi connectivity index (χ0v) is 18.6. The summed E-state index contributed by atoms with van der Waals surface area (Å²) in [7, 11) is 1.65. The van der Waals surface area contributed by atoms with E-state index in [1.807, 2.05) is 53.6 Å². The number of nitrogen functional groups attached to an aromatic ring is 1. The lowest BCUT2D eigenvalue weighted by Crippen LogP contribution is -2.40. The van der Waals surface area contributed by atoms with Crippen LogP contribution in [0.2, 0.25) is 0 Å². The number of likely N-dealkylation sites (tertiary alicyclic amines) is 1. The number of hydrogen-bond donors (Lipinski definition) is 2. The van der Waals surface area contributed by atoms with Crippen LogP contribution >= 0.6 is 0 Å². The Kier molecular flexibility index (Phi) is 5.69. The molecular formula is C26H27N5O2. The number of carbonyl (C=O) groups is 1. The fourth-order valence-corrected chi connectivity index (χ4v) is 4.69. The number of carbonyl (C=O) groups excluding carboxylic acids is 1. The average Bonchev–Trinajstić information content (AvgIpc) is 3.27. The molecular weight excluding hydrogens is 414 g/mol. The van der Waals surface area contributed by atoms with Gasteiger partial charge in [-0.1, -0.05) is 30.3 Å². The van der Waals surface area contributed by atoms with E-state index in [1.54, 1.807) is 13.3 Å². The Morgan fingerprint density at radius 2 is 2.03 bits per heavy atom. The van der Waals surface area contributed by atoms with Crippen molar-refractivity contribution in [2.75, 3.05) is 25.9 Å². The zero-order valence-electron chi connectivity index (χ0n) is 18.6. The molecule has 1 amide bonds. The number of hydrogen-bond acceptors (Lipinski definition) is 5. The van der Waals surface area contributed by atoms with Gasteiger partial charge < -0.3 is 20.4 Å². The SMILES string of the molecule is COc1ccc(-c2cnc(N)nc2C2CCCN(C(=O)Cc3c[nH]c4ccccc34)C2)cc1. The summed E-state index contributed by atoms with van der Waals surface area (Å²) in [6, 6.07) is 15.9. The van der Waals surface area contributed by atoms with Gasteiger partial charge in [0.15, 0.2) is 0 Å². The molecule has 0 spiro atoms. The van der Waals surface area contributed by atoms with E-state index >= 15 is 0 Å². The molecule has 0 aliphatic carbocycles. The molecule has 0 saturated carbocycles. The van der Waals surface area contributed by atoms with E-state index in [2.05, 4.69) is 21.0 Å². The fraction of sp³-hybridized carbons (Fsp3) is 0.269. The van der Waals surface area contributed by atoms with Crippen LogP contribution in [-0.2, 0) is 11.2 Å². The van der Waals surface area contributed by atoms with E-state index in [9.17, 15) is 4.79 Å². The molecule has 168 valence electrons. The first kappa shape index (κ1) is 21.0. The first-order chi connectivity index (χ1) is 16.1. The molecule has 7 heteroatoms. The minimum Gasteiger partial charge on any atom is -0.497 e. The molecule has 1 aliphatic rings. The topological polar surface area (TPSA) is 97.1 Å². The summed E-state index contributed by atoms with van der Waals surface area (Å²) in [4.78, 5) is 27.3. The second kappa shape index (κ2) is 8.94. The smallest absolute Gasteiger partial charge is 0.227 e. The fourth-order valence-electron chi connectivity index (χ4n) is 4.69. The van der Waals surface area contributed by atoms with Gasteiger partial charge in [0.05, 0.1) is 19.2 Å². The van der Waals surface area contributed by atoms with Gasteiger partial charge in [0, 0.05) is 47.9 Å². The van der Waals surface area contributed by atoms with Crippen LogP contribution < -0.4 is 10.5 Å². The monoisotopic (exact) mass is 441 g/mol. The number of nitrogens with zero attached hydrogens (tertiary/aromatic N) is 3. The Morgan fingerprint density at radius 3 is 2.85 bits per heavy atom. The van der Waals surface area contributed by atoms with E-state index in [0.29, 0.717) is 13.0 Å². The van der Waals surface area contributed by atoms with Crippen LogP contribution in [0.5, 0.6) is 5.75 Å². The molecule has 33 heavy (non-hydrogen) atoms. The minimum atomic E-state index is 0.105. The van der Waals surface area contributed by atoms with Crippen LogP contribution in [0, 0.1) is 0 Å². The molecule has 3 heterocycles. The molecule has 1 atom stereocenters. The molecule has 7 nitrogen and oxygen atoms in total. The molecule has 2 aromatic carbocycles. The van der Waals surface area contributed by atoms with Crippen molar-refractivity contribution in [3.63, 3.8) is 0 Å². The van der Waals surface area contributed by atoms with Crippen LogP contribution in [0.25, 0.3) is 22.0 Å². The maximum absolute atomic E-state index is 13.2.